The zero-order valence-electron chi connectivity index (χ0n) is 35.9. The summed E-state index contributed by atoms with van der Waals surface area (Å²) in [5.74, 6) is 0. The molecular weight excluding hydrogens is 390 g/mol. The minimum atomic E-state index is -0.850. The molecule has 6 rings (SSSR count). The maximum atomic E-state index is 8.84. The summed E-state index contributed by atoms with van der Waals surface area (Å²) >= 11 is 0. The van der Waals surface area contributed by atoms with E-state index in [4.69, 9.17) is 31.8 Å². The maximum absolute atomic E-state index is 8.84. The number of fused-ring (bicyclic) bond motifs is 3. The first kappa shape index (κ1) is 7.11. The van der Waals surface area contributed by atoms with Gasteiger partial charge in [0.15, 0.2) is 0 Å². The van der Waals surface area contributed by atoms with Gasteiger partial charge in [-0.1, -0.05) is 90.6 Å². The Kier molecular flexibility index (Phi) is 1.72. The first-order valence-corrected chi connectivity index (χ1v) is 9.16. The molecule has 1 N–H and O–H groups in total. The molecule has 0 amide bonds. The van der Waals surface area contributed by atoms with Gasteiger partial charge in [-0.15, -0.1) is 0 Å². The molecule has 0 aliphatic rings. The van der Waals surface area contributed by atoms with Crippen LogP contribution in [0, 0.1) is 0 Å². The Morgan fingerprint density at radius 3 is 1.84 bits per heavy atom. The van der Waals surface area contributed by atoms with E-state index in [0.29, 0.717) is 0 Å². The topological polar surface area (TPSA) is 25.2 Å². The molecule has 0 aliphatic carbocycles. The highest BCUT2D eigenvalue weighted by atomic mass is 16.3. The molecule has 0 unspecified atom stereocenters. The molecule has 0 radical (unpaired) electrons. The molecule has 152 valence electrons. The van der Waals surface area contributed by atoms with E-state index in [1.54, 1.807) is 0 Å². The Morgan fingerprint density at radius 1 is 0.500 bits per heavy atom. The standard InChI is InChI=1S/C30H21NO/c1-2-7-21(8-3-1)22-13-17-24(18-14-22)31-25-19-15-23(16-20-25)26-10-6-11-28-27-9-4-5-12-29(27)32-30(26)28/h1-20,31H/i1D,2D,3D,4D,5D,6D,7D,8D,9D,10D,11D,12D,13D,14D,15D,16D,17D,18D,19D,20D. The zero-order chi connectivity index (χ0) is 38.7. The number of benzene rings is 5. The van der Waals surface area contributed by atoms with Gasteiger partial charge >= 0.3 is 0 Å². The van der Waals surface area contributed by atoms with Crippen LogP contribution in [0.3, 0.4) is 0 Å². The summed E-state index contributed by atoms with van der Waals surface area (Å²) in [7, 11) is 0. The maximum Gasteiger partial charge on any atom is 0.143 e. The van der Waals surface area contributed by atoms with Crippen LogP contribution in [0.2, 0.25) is 0 Å². The third kappa shape index (κ3) is 3.32. The number of hydrogen-bond acceptors (Lipinski definition) is 2. The second kappa shape index (κ2) is 7.75. The summed E-state index contributed by atoms with van der Waals surface area (Å²) < 4.78 is 174. The van der Waals surface area contributed by atoms with Gasteiger partial charge in [-0.2, -0.15) is 0 Å². The number of hydrogen-bond donors (Lipinski definition) is 1. The Labute approximate surface area is 214 Å². The van der Waals surface area contributed by atoms with Gasteiger partial charge in [-0.25, -0.2) is 0 Å². The first-order chi connectivity index (χ1) is 24.2. The number of rotatable bonds is 4. The lowest BCUT2D eigenvalue weighted by Crippen LogP contribution is -1.90. The van der Waals surface area contributed by atoms with E-state index < -0.39 is 166 Å². The van der Waals surface area contributed by atoms with Crippen LogP contribution >= 0.6 is 0 Å². The number of furan rings is 1. The van der Waals surface area contributed by atoms with Crippen molar-refractivity contribution in [2.75, 3.05) is 5.32 Å². The Morgan fingerprint density at radius 2 is 1.09 bits per heavy atom. The smallest absolute Gasteiger partial charge is 0.143 e. The molecule has 0 spiro atoms. The van der Waals surface area contributed by atoms with Crippen LogP contribution in [0.15, 0.2) is 125 Å². The van der Waals surface area contributed by atoms with E-state index in [1.165, 1.54) is 0 Å². The van der Waals surface area contributed by atoms with Crippen LogP contribution in [0.1, 0.15) is 27.4 Å². The van der Waals surface area contributed by atoms with Gasteiger partial charge in [0, 0.05) is 27.7 Å². The van der Waals surface area contributed by atoms with E-state index in [9.17, 15) is 0 Å². The van der Waals surface area contributed by atoms with Gasteiger partial charge in [-0.05, 0) is 46.9 Å². The van der Waals surface area contributed by atoms with Gasteiger partial charge in [-0.3, -0.25) is 0 Å². The second-order valence-corrected chi connectivity index (χ2v) is 6.39. The molecule has 2 heteroatoms. The molecule has 0 saturated carbocycles. The Bertz CT molecular complexity index is 2530. The number of nitrogens with one attached hydrogen (secondary N) is 1. The van der Waals surface area contributed by atoms with Crippen LogP contribution in [0.25, 0.3) is 44.2 Å². The number of para-hydroxylation sites is 2. The zero-order valence-corrected chi connectivity index (χ0v) is 15.9. The molecule has 2 nitrogen and oxygen atoms in total. The molecule has 1 heterocycles. The third-order valence-electron chi connectivity index (χ3n) is 4.44. The van der Waals surface area contributed by atoms with Crippen molar-refractivity contribution in [3.05, 3.63) is 121 Å². The van der Waals surface area contributed by atoms with Crippen molar-refractivity contribution in [2.45, 2.75) is 0 Å². The van der Waals surface area contributed by atoms with Crippen LogP contribution < -0.4 is 5.32 Å². The van der Waals surface area contributed by atoms with Crippen molar-refractivity contribution in [3.63, 3.8) is 0 Å². The van der Waals surface area contributed by atoms with Gasteiger partial charge in [0.1, 0.15) is 11.2 Å². The fourth-order valence-corrected chi connectivity index (χ4v) is 3.00. The minimum absolute atomic E-state index is 0.287. The van der Waals surface area contributed by atoms with Gasteiger partial charge in [0.25, 0.3) is 0 Å². The predicted molar refractivity (Wildman–Crippen MR) is 134 cm³/mol. The van der Waals surface area contributed by atoms with Crippen LogP contribution in [-0.2, 0) is 0 Å². The van der Waals surface area contributed by atoms with Gasteiger partial charge in [0.05, 0.1) is 27.4 Å². The van der Waals surface area contributed by atoms with Crippen LogP contribution in [0.4, 0.5) is 11.4 Å². The molecule has 0 aliphatic heterocycles. The lowest BCUT2D eigenvalue weighted by molar-refractivity contribution is 0.670. The molecule has 5 aromatic carbocycles. The average Bonchev–Trinajstić information content (AvgIpc) is 3.52. The summed E-state index contributed by atoms with van der Waals surface area (Å²) in [6, 6.07) is -15.3. The SMILES string of the molecule is [2H]c1c([2H])c([2H])c(-c2c([2H])c([2H])c(Nc3c([2H])c([2H])c(-c4c([2H])c([2H])c([2H])c5c4oc4c([2H])c([2H])c([2H])c([2H])c45)c([2H])c3[2H])c([2H])c2[2H])c([2H])c1[2H]. The third-order valence-corrected chi connectivity index (χ3v) is 4.44. The lowest BCUT2D eigenvalue weighted by atomic mass is 10.0. The monoisotopic (exact) mass is 431 g/mol. The molecular formula is C30H21NO. The highest BCUT2D eigenvalue weighted by Gasteiger charge is 2.11. The van der Waals surface area contributed by atoms with Crippen LogP contribution in [-0.4, -0.2) is 0 Å². The Balaban J connectivity index is 1.60. The molecule has 6 aromatic rings. The van der Waals surface area contributed by atoms with E-state index in [1.807, 2.05) is 0 Å². The Hall–Kier alpha value is -4.30. The summed E-state index contributed by atoms with van der Waals surface area (Å²) in [5.41, 5.74) is -4.50. The molecule has 1 aromatic heterocycles. The van der Waals surface area contributed by atoms with Crippen molar-refractivity contribution in [2.24, 2.45) is 0 Å². The van der Waals surface area contributed by atoms with E-state index in [2.05, 4.69) is 5.32 Å². The summed E-state index contributed by atoms with van der Waals surface area (Å²) in [6.45, 7) is 0. The van der Waals surface area contributed by atoms with Gasteiger partial charge < -0.3 is 9.73 Å². The molecule has 0 bridgehead atoms. The molecule has 0 atom stereocenters. The highest BCUT2D eigenvalue weighted by Crippen LogP contribution is 2.36. The minimum Gasteiger partial charge on any atom is -0.455 e. The predicted octanol–water partition coefficient (Wildman–Crippen LogP) is 8.66. The van der Waals surface area contributed by atoms with Gasteiger partial charge in [0.2, 0.25) is 0 Å². The van der Waals surface area contributed by atoms with Crippen LogP contribution in [0.5, 0.6) is 0 Å². The van der Waals surface area contributed by atoms with Crippen molar-refractivity contribution < 1.29 is 31.8 Å². The molecule has 0 saturated heterocycles. The molecule has 32 heavy (non-hydrogen) atoms. The average molecular weight is 432 g/mol. The largest absolute Gasteiger partial charge is 0.455 e. The summed E-state index contributed by atoms with van der Waals surface area (Å²) in [4.78, 5) is 0. The summed E-state index contributed by atoms with van der Waals surface area (Å²) in [5, 5.41) is 1.82. The van der Waals surface area contributed by atoms with Crippen molar-refractivity contribution in [1.82, 2.24) is 0 Å². The lowest BCUT2D eigenvalue weighted by Gasteiger charge is -2.09. The molecule has 0 fully saturated rings. The van der Waals surface area contributed by atoms with E-state index in [-0.39, 0.29) is 10.8 Å². The first-order valence-electron chi connectivity index (χ1n) is 19.2. The summed E-state index contributed by atoms with van der Waals surface area (Å²) in [6.07, 6.45) is 0. The fraction of sp³-hybridized carbons (Fsp3) is 0. The van der Waals surface area contributed by atoms with E-state index in [0.717, 1.165) is 0 Å². The van der Waals surface area contributed by atoms with E-state index >= 15 is 0 Å². The highest BCUT2D eigenvalue weighted by molar-refractivity contribution is 6.09. The van der Waals surface area contributed by atoms with Crippen molar-refractivity contribution in [3.8, 4) is 22.3 Å². The quantitative estimate of drug-likeness (QED) is 0.302. The normalized spacial score (nSPS) is 19.9. The number of anilines is 2. The van der Waals surface area contributed by atoms with Crippen molar-refractivity contribution >= 4 is 33.3 Å². The van der Waals surface area contributed by atoms with Crippen molar-refractivity contribution in [1.29, 1.82) is 0 Å². The second-order valence-electron chi connectivity index (χ2n) is 6.39. The fourth-order valence-electron chi connectivity index (χ4n) is 3.00.